The van der Waals surface area contributed by atoms with Crippen molar-refractivity contribution in [2.24, 2.45) is 0 Å². The lowest BCUT2D eigenvalue weighted by Crippen LogP contribution is -2.66. The number of anilines is 2. The molecule has 13 heteroatoms. The van der Waals surface area contributed by atoms with E-state index in [1.54, 1.807) is 36.1 Å². The Labute approximate surface area is 261 Å². The SMILES string of the molecule is CCC1(C)C(=O)N(CC(=O)NCCN(C)C)CCN1C(=O)c1cc(C(C)(C)C)sc1NC(=O)Nc1cccc(Cl)c1Cl. The first kappa shape index (κ1) is 33.6. The van der Waals surface area contributed by atoms with Crippen molar-refractivity contribution in [3.63, 3.8) is 0 Å². The molecule has 1 aromatic carbocycles. The van der Waals surface area contributed by atoms with E-state index in [2.05, 4.69) is 16.0 Å². The standard InChI is InChI=1S/C29H40Cl2N6O4S/c1-8-29(5)26(40)36(17-22(38)32-12-13-35(6)7)14-15-37(29)25(39)18-16-21(28(2,3)4)42-24(18)34-27(41)33-20-11-9-10-19(30)23(20)31/h9-11,16H,8,12-15,17H2,1-7H3,(H,32,38)(H2,33,34,41). The zero-order chi connectivity index (χ0) is 31.4. The Bertz CT molecular complexity index is 1340. The molecule has 1 fully saturated rings. The highest BCUT2D eigenvalue weighted by atomic mass is 35.5. The van der Waals surface area contributed by atoms with E-state index in [0.29, 0.717) is 40.8 Å². The molecule has 0 bridgehead atoms. The summed E-state index contributed by atoms with van der Waals surface area (Å²) < 4.78 is 0. The monoisotopic (exact) mass is 638 g/mol. The van der Waals surface area contributed by atoms with E-state index in [0.717, 1.165) is 4.88 Å². The number of carbonyl (C=O) groups is 4. The van der Waals surface area contributed by atoms with Crippen LogP contribution in [0.4, 0.5) is 15.5 Å². The average molecular weight is 640 g/mol. The summed E-state index contributed by atoms with van der Waals surface area (Å²) >= 11 is 13.6. The Balaban J connectivity index is 1.84. The van der Waals surface area contributed by atoms with E-state index in [9.17, 15) is 19.2 Å². The van der Waals surface area contributed by atoms with E-state index >= 15 is 0 Å². The quantitative estimate of drug-likeness (QED) is 0.352. The van der Waals surface area contributed by atoms with Crippen molar-refractivity contribution in [1.29, 1.82) is 0 Å². The highest BCUT2D eigenvalue weighted by Gasteiger charge is 2.47. The van der Waals surface area contributed by atoms with Gasteiger partial charge in [0.25, 0.3) is 5.91 Å². The maximum Gasteiger partial charge on any atom is 0.324 e. The first-order chi connectivity index (χ1) is 19.6. The first-order valence-corrected chi connectivity index (χ1v) is 15.3. The van der Waals surface area contributed by atoms with Gasteiger partial charge in [-0.2, -0.15) is 0 Å². The molecule has 1 aromatic heterocycles. The largest absolute Gasteiger partial charge is 0.353 e. The minimum atomic E-state index is -1.17. The van der Waals surface area contributed by atoms with Gasteiger partial charge in [-0.3, -0.25) is 19.7 Å². The number of hydrogen-bond donors (Lipinski definition) is 3. The summed E-state index contributed by atoms with van der Waals surface area (Å²) in [7, 11) is 3.83. The fraction of sp³-hybridized carbons (Fsp3) is 0.517. The van der Waals surface area contributed by atoms with Gasteiger partial charge in [0.2, 0.25) is 11.8 Å². The van der Waals surface area contributed by atoms with Crippen LogP contribution >= 0.6 is 34.5 Å². The van der Waals surface area contributed by atoms with Crippen LogP contribution in [0.15, 0.2) is 24.3 Å². The molecule has 5 amide bonds. The van der Waals surface area contributed by atoms with Crippen molar-refractivity contribution in [2.75, 3.05) is 57.5 Å². The average Bonchev–Trinajstić information content (AvgIpc) is 3.33. The van der Waals surface area contributed by atoms with Crippen molar-refractivity contribution in [2.45, 2.75) is 52.0 Å². The normalized spacial score (nSPS) is 17.4. The number of amides is 5. The second-order valence-corrected chi connectivity index (χ2v) is 13.6. The number of nitrogens with zero attached hydrogens (tertiary/aromatic N) is 3. The molecular formula is C29H40Cl2N6O4S. The number of urea groups is 1. The summed E-state index contributed by atoms with van der Waals surface area (Å²) in [5.74, 6) is -0.902. The van der Waals surface area contributed by atoms with E-state index < -0.39 is 11.6 Å². The molecule has 1 atom stereocenters. The zero-order valence-electron chi connectivity index (χ0n) is 25.2. The molecule has 0 saturated carbocycles. The Morgan fingerprint density at radius 1 is 1.12 bits per heavy atom. The number of rotatable bonds is 9. The van der Waals surface area contributed by atoms with Crippen molar-refractivity contribution < 1.29 is 19.2 Å². The molecule has 42 heavy (non-hydrogen) atoms. The number of nitrogens with one attached hydrogen (secondary N) is 3. The molecule has 2 heterocycles. The molecular weight excluding hydrogens is 599 g/mol. The van der Waals surface area contributed by atoms with Gasteiger partial charge >= 0.3 is 6.03 Å². The highest BCUT2D eigenvalue weighted by molar-refractivity contribution is 7.16. The van der Waals surface area contributed by atoms with Gasteiger partial charge < -0.3 is 25.3 Å². The Morgan fingerprint density at radius 2 is 1.81 bits per heavy atom. The summed E-state index contributed by atoms with van der Waals surface area (Å²) in [6, 6.07) is 6.09. The van der Waals surface area contributed by atoms with Crippen LogP contribution in [0.2, 0.25) is 10.0 Å². The van der Waals surface area contributed by atoms with E-state index in [1.807, 2.05) is 46.7 Å². The predicted octanol–water partition coefficient (Wildman–Crippen LogP) is 5.13. The Morgan fingerprint density at radius 3 is 2.43 bits per heavy atom. The molecule has 0 radical (unpaired) electrons. The van der Waals surface area contributed by atoms with Gasteiger partial charge in [-0.1, -0.05) is 57.0 Å². The summed E-state index contributed by atoms with van der Waals surface area (Å²) in [5, 5.41) is 9.18. The van der Waals surface area contributed by atoms with Gasteiger partial charge in [0, 0.05) is 31.1 Å². The molecule has 1 unspecified atom stereocenters. The van der Waals surface area contributed by atoms with Gasteiger partial charge in [0.05, 0.1) is 27.8 Å². The topological polar surface area (TPSA) is 114 Å². The maximum atomic E-state index is 14.1. The molecule has 2 aromatic rings. The summed E-state index contributed by atoms with van der Waals surface area (Å²) in [4.78, 5) is 59.2. The summed E-state index contributed by atoms with van der Waals surface area (Å²) in [6.07, 6.45) is 0.350. The summed E-state index contributed by atoms with van der Waals surface area (Å²) in [5.41, 5.74) is -0.848. The third-order valence-corrected chi connectivity index (χ3v) is 9.51. The first-order valence-electron chi connectivity index (χ1n) is 13.8. The minimum Gasteiger partial charge on any atom is -0.353 e. The van der Waals surface area contributed by atoms with E-state index in [1.165, 1.54) is 16.2 Å². The van der Waals surface area contributed by atoms with Gasteiger partial charge in [-0.25, -0.2) is 4.79 Å². The third-order valence-electron chi connectivity index (χ3n) is 7.21. The zero-order valence-corrected chi connectivity index (χ0v) is 27.5. The minimum absolute atomic E-state index is 0.0739. The van der Waals surface area contributed by atoms with Gasteiger partial charge in [-0.15, -0.1) is 11.3 Å². The third kappa shape index (κ3) is 7.75. The number of benzene rings is 1. The summed E-state index contributed by atoms with van der Waals surface area (Å²) in [6.45, 7) is 11.2. The number of halogens is 2. The second-order valence-electron chi connectivity index (χ2n) is 11.7. The highest BCUT2D eigenvalue weighted by Crippen LogP contribution is 2.39. The number of likely N-dealkylation sites (N-methyl/N-ethyl adjacent to an activating group) is 1. The molecule has 1 aliphatic heterocycles. The van der Waals surface area contributed by atoms with Gasteiger partial charge in [-0.05, 0) is 51.1 Å². The van der Waals surface area contributed by atoms with Crippen LogP contribution in [0.5, 0.6) is 0 Å². The lowest BCUT2D eigenvalue weighted by molar-refractivity contribution is -0.150. The fourth-order valence-corrected chi connectivity index (χ4v) is 5.96. The Hall–Kier alpha value is -2.86. The lowest BCUT2D eigenvalue weighted by Gasteiger charge is -2.47. The van der Waals surface area contributed by atoms with Crippen LogP contribution in [0.1, 0.15) is 56.3 Å². The van der Waals surface area contributed by atoms with Crippen LogP contribution in [0.25, 0.3) is 0 Å². The predicted molar refractivity (Wildman–Crippen MR) is 170 cm³/mol. The number of carbonyl (C=O) groups excluding carboxylic acids is 4. The maximum absolute atomic E-state index is 14.1. The molecule has 0 aliphatic carbocycles. The van der Waals surface area contributed by atoms with Crippen molar-refractivity contribution in [3.8, 4) is 0 Å². The van der Waals surface area contributed by atoms with Crippen molar-refractivity contribution in [3.05, 3.63) is 44.8 Å². The number of thiophene rings is 1. The van der Waals surface area contributed by atoms with Crippen molar-refractivity contribution >= 4 is 69.0 Å². The Kier molecular flexibility index (Phi) is 10.9. The van der Waals surface area contributed by atoms with Gasteiger partial charge in [0.1, 0.15) is 10.5 Å². The van der Waals surface area contributed by atoms with E-state index in [-0.39, 0.29) is 47.8 Å². The lowest BCUT2D eigenvalue weighted by atomic mass is 9.90. The van der Waals surface area contributed by atoms with Crippen LogP contribution in [-0.4, -0.2) is 90.8 Å². The van der Waals surface area contributed by atoms with Crippen LogP contribution in [0.3, 0.4) is 0 Å². The molecule has 1 aliphatic rings. The fourth-order valence-electron chi connectivity index (χ4n) is 4.51. The molecule has 10 nitrogen and oxygen atoms in total. The molecule has 3 rings (SSSR count). The number of hydrogen-bond acceptors (Lipinski definition) is 6. The molecule has 230 valence electrons. The van der Waals surface area contributed by atoms with Crippen LogP contribution in [0, 0.1) is 0 Å². The van der Waals surface area contributed by atoms with Crippen molar-refractivity contribution in [1.82, 2.24) is 20.0 Å². The van der Waals surface area contributed by atoms with Gasteiger partial charge in [0.15, 0.2) is 0 Å². The molecule has 0 spiro atoms. The van der Waals surface area contributed by atoms with E-state index in [4.69, 9.17) is 23.2 Å². The molecule has 3 N–H and O–H groups in total. The molecule has 1 saturated heterocycles. The smallest absolute Gasteiger partial charge is 0.324 e. The van der Waals surface area contributed by atoms with Crippen LogP contribution < -0.4 is 16.0 Å². The van der Waals surface area contributed by atoms with Crippen LogP contribution in [-0.2, 0) is 15.0 Å². The second kappa shape index (κ2) is 13.6. The number of piperazine rings is 1.